The average molecular weight is 455 g/mol. The predicted octanol–water partition coefficient (Wildman–Crippen LogP) is 6.21. The molecule has 5 nitrogen and oxygen atoms in total. The molecule has 0 aliphatic carbocycles. The predicted molar refractivity (Wildman–Crippen MR) is 124 cm³/mol. The summed E-state index contributed by atoms with van der Waals surface area (Å²) in [6.45, 7) is 4.50. The number of ether oxygens (including phenoxy) is 1. The van der Waals surface area contributed by atoms with Gasteiger partial charge in [0.05, 0.1) is 17.8 Å². The summed E-state index contributed by atoms with van der Waals surface area (Å²) in [5, 5.41) is 13.3. The van der Waals surface area contributed by atoms with Crippen LogP contribution in [0.1, 0.15) is 5.69 Å². The van der Waals surface area contributed by atoms with Gasteiger partial charge in [0.15, 0.2) is 11.0 Å². The van der Waals surface area contributed by atoms with Gasteiger partial charge in [0.2, 0.25) is 0 Å². The van der Waals surface area contributed by atoms with E-state index in [9.17, 15) is 0 Å². The van der Waals surface area contributed by atoms with Crippen LogP contribution in [0, 0.1) is 0 Å². The number of rotatable bonds is 8. The third kappa shape index (κ3) is 4.43. The van der Waals surface area contributed by atoms with Gasteiger partial charge in [-0.2, -0.15) is 0 Å². The zero-order valence-electron chi connectivity index (χ0n) is 16.3. The molecule has 152 valence electrons. The van der Waals surface area contributed by atoms with E-state index >= 15 is 0 Å². The fraction of sp³-hybridized carbons (Fsp3) is 0.136. The number of benzene rings is 2. The Balaban J connectivity index is 1.53. The van der Waals surface area contributed by atoms with E-state index in [1.807, 2.05) is 54.6 Å². The number of hydrogen-bond acceptors (Lipinski definition) is 6. The van der Waals surface area contributed by atoms with Gasteiger partial charge in [-0.1, -0.05) is 47.6 Å². The Labute approximate surface area is 188 Å². The third-order valence-electron chi connectivity index (χ3n) is 4.38. The standard InChI is InChI=1S/C22H19ClN4OS2/c1-3-12-27-20(15-8-10-17(28-2)11-9-15)25-26-22(27)30-14-16-13-29-21(24-16)18-6-4-5-7-19(18)23/h3-11,13H,1,12,14H2,2H3. The quantitative estimate of drug-likeness (QED) is 0.234. The van der Waals surface area contributed by atoms with Gasteiger partial charge in [0.1, 0.15) is 10.8 Å². The summed E-state index contributed by atoms with van der Waals surface area (Å²) in [5.74, 6) is 2.30. The Kier molecular flexibility index (Phi) is 6.52. The molecule has 0 aliphatic rings. The van der Waals surface area contributed by atoms with E-state index in [1.54, 1.807) is 30.2 Å². The van der Waals surface area contributed by atoms with Gasteiger partial charge >= 0.3 is 0 Å². The molecule has 0 amide bonds. The van der Waals surface area contributed by atoms with Crippen molar-refractivity contribution < 1.29 is 4.74 Å². The van der Waals surface area contributed by atoms with E-state index in [4.69, 9.17) is 21.3 Å². The number of aromatic nitrogens is 4. The topological polar surface area (TPSA) is 52.8 Å². The molecular formula is C22H19ClN4OS2. The Morgan fingerprint density at radius 3 is 2.70 bits per heavy atom. The van der Waals surface area contributed by atoms with Gasteiger partial charge in [-0.25, -0.2) is 4.98 Å². The van der Waals surface area contributed by atoms with Crippen molar-refractivity contribution in [3.8, 4) is 27.7 Å². The van der Waals surface area contributed by atoms with Gasteiger partial charge in [-0.3, -0.25) is 4.57 Å². The highest BCUT2D eigenvalue weighted by atomic mass is 35.5. The summed E-state index contributed by atoms with van der Waals surface area (Å²) < 4.78 is 7.30. The van der Waals surface area contributed by atoms with Crippen LogP contribution in [0.5, 0.6) is 5.75 Å². The van der Waals surface area contributed by atoms with E-state index in [0.717, 1.165) is 38.6 Å². The first kappa shape index (κ1) is 20.7. The average Bonchev–Trinajstić information content (AvgIpc) is 3.40. The summed E-state index contributed by atoms with van der Waals surface area (Å²) in [4.78, 5) is 4.74. The minimum absolute atomic E-state index is 0.624. The number of thiazole rings is 1. The van der Waals surface area contributed by atoms with Crippen LogP contribution >= 0.6 is 34.7 Å². The number of methoxy groups -OCH3 is 1. The summed E-state index contributed by atoms with van der Waals surface area (Å²) >= 11 is 9.50. The van der Waals surface area contributed by atoms with Crippen molar-refractivity contribution >= 4 is 34.7 Å². The summed E-state index contributed by atoms with van der Waals surface area (Å²) in [7, 11) is 1.65. The molecule has 0 bridgehead atoms. The van der Waals surface area contributed by atoms with Crippen LogP contribution in [-0.2, 0) is 12.3 Å². The van der Waals surface area contributed by atoms with Crippen molar-refractivity contribution in [3.63, 3.8) is 0 Å². The number of halogens is 1. The highest BCUT2D eigenvalue weighted by molar-refractivity contribution is 7.98. The van der Waals surface area contributed by atoms with Crippen molar-refractivity contribution in [2.75, 3.05) is 7.11 Å². The first-order valence-corrected chi connectivity index (χ1v) is 11.4. The Bertz CT molecular complexity index is 1150. The maximum atomic E-state index is 6.30. The molecule has 0 saturated carbocycles. The molecule has 4 rings (SSSR count). The van der Waals surface area contributed by atoms with E-state index in [1.165, 1.54) is 0 Å². The van der Waals surface area contributed by atoms with Crippen molar-refractivity contribution in [2.24, 2.45) is 0 Å². The lowest BCUT2D eigenvalue weighted by Gasteiger charge is -2.08. The molecule has 0 atom stereocenters. The second kappa shape index (κ2) is 9.47. The largest absolute Gasteiger partial charge is 0.497 e. The lowest BCUT2D eigenvalue weighted by atomic mass is 10.2. The molecule has 0 radical (unpaired) electrons. The van der Waals surface area contributed by atoms with Crippen LogP contribution in [-0.4, -0.2) is 26.9 Å². The zero-order chi connectivity index (χ0) is 20.9. The number of hydrogen-bond donors (Lipinski definition) is 0. The van der Waals surface area contributed by atoms with Crippen molar-refractivity contribution in [2.45, 2.75) is 17.5 Å². The lowest BCUT2D eigenvalue weighted by molar-refractivity contribution is 0.415. The van der Waals surface area contributed by atoms with Crippen molar-refractivity contribution in [1.29, 1.82) is 0 Å². The van der Waals surface area contributed by atoms with Crippen LogP contribution in [0.15, 0.2) is 71.7 Å². The van der Waals surface area contributed by atoms with E-state index in [-0.39, 0.29) is 0 Å². The van der Waals surface area contributed by atoms with E-state index in [2.05, 4.69) is 26.7 Å². The first-order valence-electron chi connectivity index (χ1n) is 9.20. The SMILES string of the molecule is C=CCn1c(SCc2csc(-c3ccccc3Cl)n2)nnc1-c1ccc(OC)cc1. The lowest BCUT2D eigenvalue weighted by Crippen LogP contribution is -2.00. The summed E-state index contributed by atoms with van der Waals surface area (Å²) in [6, 6.07) is 15.5. The molecule has 30 heavy (non-hydrogen) atoms. The molecule has 2 aromatic heterocycles. The van der Waals surface area contributed by atoms with Crippen LogP contribution in [0.4, 0.5) is 0 Å². The number of thioether (sulfide) groups is 1. The molecule has 0 unspecified atom stereocenters. The molecule has 0 spiro atoms. The van der Waals surface area contributed by atoms with Gasteiger partial charge < -0.3 is 4.74 Å². The van der Waals surface area contributed by atoms with Gasteiger partial charge in [-0.05, 0) is 30.3 Å². The molecule has 0 aliphatic heterocycles. The monoisotopic (exact) mass is 454 g/mol. The minimum Gasteiger partial charge on any atom is -0.497 e. The fourth-order valence-electron chi connectivity index (χ4n) is 2.91. The van der Waals surface area contributed by atoms with Crippen LogP contribution in [0.3, 0.4) is 0 Å². The van der Waals surface area contributed by atoms with Gasteiger partial charge in [0, 0.05) is 28.8 Å². The van der Waals surface area contributed by atoms with Crippen LogP contribution < -0.4 is 4.74 Å². The highest BCUT2D eigenvalue weighted by Crippen LogP contribution is 2.32. The maximum absolute atomic E-state index is 6.30. The summed E-state index contributed by atoms with van der Waals surface area (Å²) in [6.07, 6.45) is 1.85. The fourth-order valence-corrected chi connectivity index (χ4v) is 5.00. The molecule has 0 saturated heterocycles. The normalized spacial score (nSPS) is 10.9. The molecule has 8 heteroatoms. The summed E-state index contributed by atoms with van der Waals surface area (Å²) in [5.41, 5.74) is 2.92. The molecular weight excluding hydrogens is 436 g/mol. The molecule has 2 heterocycles. The van der Waals surface area contributed by atoms with Crippen LogP contribution in [0.25, 0.3) is 22.0 Å². The van der Waals surface area contributed by atoms with Crippen molar-refractivity contribution in [3.05, 3.63) is 77.3 Å². The number of nitrogens with zero attached hydrogens (tertiary/aromatic N) is 4. The minimum atomic E-state index is 0.624. The Morgan fingerprint density at radius 2 is 1.97 bits per heavy atom. The van der Waals surface area contributed by atoms with E-state index in [0.29, 0.717) is 17.3 Å². The van der Waals surface area contributed by atoms with Crippen molar-refractivity contribution in [1.82, 2.24) is 19.7 Å². The second-order valence-electron chi connectivity index (χ2n) is 6.35. The van der Waals surface area contributed by atoms with Gasteiger partial charge in [-0.15, -0.1) is 28.1 Å². The maximum Gasteiger partial charge on any atom is 0.192 e. The smallest absolute Gasteiger partial charge is 0.192 e. The Morgan fingerprint density at radius 1 is 1.17 bits per heavy atom. The first-order chi connectivity index (χ1) is 14.7. The number of allylic oxidation sites excluding steroid dienone is 1. The van der Waals surface area contributed by atoms with E-state index < -0.39 is 0 Å². The molecule has 0 N–H and O–H groups in total. The Hall–Kier alpha value is -2.61. The third-order valence-corrected chi connectivity index (χ3v) is 6.64. The highest BCUT2D eigenvalue weighted by Gasteiger charge is 2.15. The van der Waals surface area contributed by atoms with Gasteiger partial charge in [0.25, 0.3) is 0 Å². The zero-order valence-corrected chi connectivity index (χ0v) is 18.7. The van der Waals surface area contributed by atoms with Crippen LogP contribution in [0.2, 0.25) is 5.02 Å². The molecule has 4 aromatic rings. The molecule has 0 fully saturated rings. The molecule has 2 aromatic carbocycles. The second-order valence-corrected chi connectivity index (χ2v) is 8.55.